The van der Waals surface area contributed by atoms with Gasteiger partial charge in [0, 0.05) is 5.75 Å². The summed E-state index contributed by atoms with van der Waals surface area (Å²) in [6.07, 6.45) is 0.868. The lowest BCUT2D eigenvalue weighted by atomic mass is 10.1. The third kappa shape index (κ3) is 2.31. The van der Waals surface area contributed by atoms with Gasteiger partial charge in [-0.25, -0.2) is 4.79 Å². The Bertz CT molecular complexity index is 529. The molecular weight excluding hydrogens is 260 g/mol. The van der Waals surface area contributed by atoms with Gasteiger partial charge < -0.3 is 0 Å². The number of aromatic nitrogens is 2. The van der Waals surface area contributed by atoms with Crippen LogP contribution in [0.1, 0.15) is 37.8 Å². The fourth-order valence-corrected chi connectivity index (χ4v) is 3.67. The molecule has 0 radical (unpaired) electrons. The molecule has 6 heteroatoms. The van der Waals surface area contributed by atoms with Crippen molar-refractivity contribution in [1.82, 2.24) is 9.55 Å². The van der Waals surface area contributed by atoms with Crippen molar-refractivity contribution >= 4 is 23.4 Å². The predicted molar refractivity (Wildman–Crippen MR) is 71.4 cm³/mol. The van der Waals surface area contributed by atoms with Crippen LogP contribution < -0.4 is 11.2 Å². The monoisotopic (exact) mass is 274 g/mol. The zero-order chi connectivity index (χ0) is 12.6. The summed E-state index contributed by atoms with van der Waals surface area (Å²) in [6, 6.07) is 0.00557. The van der Waals surface area contributed by atoms with Crippen molar-refractivity contribution in [2.45, 2.75) is 32.2 Å². The second kappa shape index (κ2) is 4.90. The van der Waals surface area contributed by atoms with Crippen molar-refractivity contribution in [3.8, 4) is 0 Å². The van der Waals surface area contributed by atoms with E-state index in [2.05, 4.69) is 4.98 Å². The Labute approximate surface area is 108 Å². The van der Waals surface area contributed by atoms with E-state index in [-0.39, 0.29) is 22.7 Å². The van der Waals surface area contributed by atoms with Crippen molar-refractivity contribution in [2.24, 2.45) is 0 Å². The maximum absolute atomic E-state index is 12.3. The van der Waals surface area contributed by atoms with Crippen LogP contribution in [0.4, 0.5) is 0 Å². The second-order valence-corrected chi connectivity index (χ2v) is 6.03. The molecule has 0 aromatic carbocycles. The van der Waals surface area contributed by atoms with Gasteiger partial charge in [-0.05, 0) is 18.1 Å². The largest absolute Gasteiger partial charge is 0.329 e. The molecule has 1 aromatic rings. The summed E-state index contributed by atoms with van der Waals surface area (Å²) >= 11 is 7.70. The summed E-state index contributed by atoms with van der Waals surface area (Å²) < 4.78 is 1.33. The Hall–Kier alpha value is -0.680. The van der Waals surface area contributed by atoms with E-state index in [1.54, 1.807) is 11.8 Å². The van der Waals surface area contributed by atoms with Crippen LogP contribution in [0, 0.1) is 0 Å². The van der Waals surface area contributed by atoms with Gasteiger partial charge in [0.15, 0.2) is 0 Å². The van der Waals surface area contributed by atoms with E-state index in [0.29, 0.717) is 5.56 Å². The number of nitrogens with one attached hydrogen (secondary N) is 1. The van der Waals surface area contributed by atoms with Crippen LogP contribution >= 0.6 is 23.4 Å². The molecule has 1 aromatic heterocycles. The lowest BCUT2D eigenvalue weighted by molar-refractivity contribution is 0.507. The van der Waals surface area contributed by atoms with E-state index in [1.807, 2.05) is 13.8 Å². The minimum absolute atomic E-state index is 0.00557. The summed E-state index contributed by atoms with van der Waals surface area (Å²) in [6.45, 7) is 3.79. The van der Waals surface area contributed by atoms with E-state index < -0.39 is 5.69 Å². The molecule has 1 aliphatic heterocycles. The fraction of sp³-hybridized carbons (Fsp3) is 0.636. The molecule has 94 valence electrons. The first-order valence-corrected chi connectivity index (χ1v) is 7.17. The predicted octanol–water partition coefficient (Wildman–Crippen LogP) is 1.99. The van der Waals surface area contributed by atoms with E-state index in [0.717, 1.165) is 17.9 Å². The quantitative estimate of drug-likeness (QED) is 0.839. The van der Waals surface area contributed by atoms with Crippen molar-refractivity contribution in [3.63, 3.8) is 0 Å². The minimum atomic E-state index is -0.392. The van der Waals surface area contributed by atoms with Gasteiger partial charge in [-0.1, -0.05) is 25.4 Å². The van der Waals surface area contributed by atoms with E-state index in [9.17, 15) is 9.59 Å². The van der Waals surface area contributed by atoms with Crippen LogP contribution in [0.15, 0.2) is 9.59 Å². The molecule has 4 nitrogen and oxygen atoms in total. The van der Waals surface area contributed by atoms with E-state index >= 15 is 0 Å². The van der Waals surface area contributed by atoms with Gasteiger partial charge in [-0.15, -0.1) is 0 Å². The molecule has 0 spiro atoms. The molecular formula is C11H15ClN2O2S. The molecule has 1 N–H and O–H groups in total. The first-order valence-electron chi connectivity index (χ1n) is 5.64. The third-order valence-corrected chi connectivity index (χ3v) is 4.41. The average molecular weight is 275 g/mol. The highest BCUT2D eigenvalue weighted by molar-refractivity contribution is 7.99. The number of rotatable bonds is 2. The maximum atomic E-state index is 12.3. The summed E-state index contributed by atoms with van der Waals surface area (Å²) in [4.78, 5) is 26.7. The van der Waals surface area contributed by atoms with E-state index in [1.165, 1.54) is 4.57 Å². The van der Waals surface area contributed by atoms with Crippen LogP contribution in [0.5, 0.6) is 0 Å². The summed E-state index contributed by atoms with van der Waals surface area (Å²) in [7, 11) is 0. The van der Waals surface area contributed by atoms with Gasteiger partial charge >= 0.3 is 5.69 Å². The highest BCUT2D eigenvalue weighted by atomic mass is 35.5. The molecule has 1 aliphatic rings. The van der Waals surface area contributed by atoms with Crippen molar-refractivity contribution in [3.05, 3.63) is 31.6 Å². The van der Waals surface area contributed by atoms with Gasteiger partial charge in [-0.3, -0.25) is 14.3 Å². The van der Waals surface area contributed by atoms with Crippen LogP contribution in [-0.2, 0) is 0 Å². The molecule has 0 aliphatic carbocycles. The third-order valence-electron chi connectivity index (χ3n) is 2.97. The summed E-state index contributed by atoms with van der Waals surface area (Å²) in [5.41, 5.74) is -0.124. The Morgan fingerprint density at radius 3 is 2.71 bits per heavy atom. The zero-order valence-corrected chi connectivity index (χ0v) is 11.4. The average Bonchev–Trinajstić information content (AvgIpc) is 2.69. The number of H-pyrrole nitrogens is 1. The molecule has 1 atom stereocenters. The van der Waals surface area contributed by atoms with Crippen LogP contribution in [0.3, 0.4) is 0 Å². The summed E-state index contributed by atoms with van der Waals surface area (Å²) in [5.74, 6) is 1.82. The molecule has 1 fully saturated rings. The van der Waals surface area contributed by atoms with Gasteiger partial charge in [0.2, 0.25) is 0 Å². The zero-order valence-electron chi connectivity index (χ0n) is 9.83. The molecule has 0 amide bonds. The highest BCUT2D eigenvalue weighted by Gasteiger charge is 2.24. The Balaban J connectivity index is 2.63. The number of hydrogen-bond donors (Lipinski definition) is 1. The number of hydrogen-bond acceptors (Lipinski definition) is 3. The number of aromatic amines is 1. The first-order chi connectivity index (χ1) is 8.02. The van der Waals surface area contributed by atoms with Crippen LogP contribution in [0.25, 0.3) is 0 Å². The molecule has 0 bridgehead atoms. The molecule has 17 heavy (non-hydrogen) atoms. The Morgan fingerprint density at radius 2 is 2.18 bits per heavy atom. The Morgan fingerprint density at radius 1 is 1.47 bits per heavy atom. The fourth-order valence-electron chi connectivity index (χ4n) is 2.10. The Kier molecular flexibility index (Phi) is 3.68. The second-order valence-electron chi connectivity index (χ2n) is 4.51. The molecule has 2 heterocycles. The molecule has 1 saturated heterocycles. The van der Waals surface area contributed by atoms with Crippen molar-refractivity contribution < 1.29 is 0 Å². The van der Waals surface area contributed by atoms with Gasteiger partial charge in [0.1, 0.15) is 5.15 Å². The van der Waals surface area contributed by atoms with Gasteiger partial charge in [0.05, 0.1) is 11.6 Å². The van der Waals surface area contributed by atoms with Gasteiger partial charge in [0.25, 0.3) is 5.56 Å². The number of halogens is 1. The van der Waals surface area contributed by atoms with Crippen LogP contribution in [0.2, 0.25) is 5.15 Å². The molecule has 0 saturated carbocycles. The van der Waals surface area contributed by atoms with Crippen LogP contribution in [-0.4, -0.2) is 21.1 Å². The summed E-state index contributed by atoms with van der Waals surface area (Å²) in [5, 5.41) is 0.178. The SMILES string of the molecule is CC(C)c1c(Cl)[nH]c(=O)n(C2CCSC2)c1=O. The number of thioether (sulfide) groups is 1. The first kappa shape index (κ1) is 12.8. The highest BCUT2D eigenvalue weighted by Crippen LogP contribution is 2.26. The normalized spacial score (nSPS) is 20.1. The lowest BCUT2D eigenvalue weighted by Crippen LogP contribution is -2.40. The van der Waals surface area contributed by atoms with E-state index in [4.69, 9.17) is 11.6 Å². The standard InChI is InChI=1S/C11H15ClN2O2S/c1-6(2)8-9(12)13-11(16)14(10(8)15)7-3-4-17-5-7/h6-7H,3-5H2,1-2H3,(H,13,16). The smallest absolute Gasteiger partial charge is 0.297 e. The van der Waals surface area contributed by atoms with Crippen molar-refractivity contribution in [1.29, 1.82) is 0 Å². The molecule has 2 rings (SSSR count). The maximum Gasteiger partial charge on any atom is 0.329 e. The minimum Gasteiger partial charge on any atom is -0.297 e. The van der Waals surface area contributed by atoms with Gasteiger partial charge in [-0.2, -0.15) is 11.8 Å². The number of nitrogens with zero attached hydrogens (tertiary/aromatic N) is 1. The van der Waals surface area contributed by atoms with Crippen molar-refractivity contribution in [2.75, 3.05) is 11.5 Å². The lowest BCUT2D eigenvalue weighted by Gasteiger charge is -2.15. The molecule has 1 unspecified atom stereocenters. The topological polar surface area (TPSA) is 54.9 Å².